The third kappa shape index (κ3) is 3.31. The first-order valence-corrected chi connectivity index (χ1v) is 11.0. The highest BCUT2D eigenvalue weighted by atomic mass is 14.3. The molecule has 0 aromatic heterocycles. The molecule has 0 saturated heterocycles. The summed E-state index contributed by atoms with van der Waals surface area (Å²) < 4.78 is 0. The molecule has 2 aromatic rings. The highest BCUT2D eigenvalue weighted by molar-refractivity contribution is 5.77. The first kappa shape index (κ1) is 17.0. The SMILES string of the molecule is c1ccc2c(c1)CC1=C2CCCC1.c1ccc2c(c1)CC1=C2CCCCC1. The van der Waals surface area contributed by atoms with Crippen molar-refractivity contribution in [1.29, 1.82) is 0 Å². The van der Waals surface area contributed by atoms with E-state index in [2.05, 4.69) is 48.5 Å². The molecule has 0 nitrogen and oxygen atoms in total. The molecule has 0 spiro atoms. The van der Waals surface area contributed by atoms with Crippen molar-refractivity contribution in [1.82, 2.24) is 0 Å². The van der Waals surface area contributed by atoms with Crippen molar-refractivity contribution in [3.63, 3.8) is 0 Å². The molecule has 0 bridgehead atoms. The van der Waals surface area contributed by atoms with Gasteiger partial charge < -0.3 is 0 Å². The van der Waals surface area contributed by atoms with Gasteiger partial charge in [0.2, 0.25) is 0 Å². The Balaban J connectivity index is 0.000000119. The van der Waals surface area contributed by atoms with E-state index in [1.807, 2.05) is 0 Å². The molecule has 0 radical (unpaired) electrons. The van der Waals surface area contributed by atoms with E-state index in [1.54, 1.807) is 44.5 Å². The van der Waals surface area contributed by atoms with Crippen molar-refractivity contribution in [2.24, 2.45) is 0 Å². The molecule has 0 heterocycles. The van der Waals surface area contributed by atoms with E-state index in [0.717, 1.165) is 0 Å². The maximum atomic E-state index is 2.31. The summed E-state index contributed by atoms with van der Waals surface area (Å²) in [6, 6.07) is 17.9. The minimum Gasteiger partial charge on any atom is -0.0620 e. The molecule has 0 amide bonds. The highest BCUT2D eigenvalue weighted by Gasteiger charge is 2.23. The van der Waals surface area contributed by atoms with Crippen LogP contribution in [0.2, 0.25) is 0 Å². The summed E-state index contributed by atoms with van der Waals surface area (Å²) in [6.07, 6.45) is 14.9. The van der Waals surface area contributed by atoms with E-state index in [9.17, 15) is 0 Å². The average Bonchev–Trinajstić information content (AvgIpc) is 3.18. The molecule has 6 rings (SSSR count). The number of hydrogen-bond acceptors (Lipinski definition) is 0. The zero-order chi connectivity index (χ0) is 18.1. The van der Waals surface area contributed by atoms with Gasteiger partial charge in [0.15, 0.2) is 0 Å². The van der Waals surface area contributed by atoms with Crippen LogP contribution in [-0.4, -0.2) is 0 Å². The van der Waals surface area contributed by atoms with Crippen LogP contribution in [0, 0.1) is 0 Å². The van der Waals surface area contributed by atoms with E-state index < -0.39 is 0 Å². The average molecular weight is 355 g/mol. The first-order valence-electron chi connectivity index (χ1n) is 11.0. The smallest absolute Gasteiger partial charge is 0.00550 e. The fraction of sp³-hybridized carbons (Fsp3) is 0.407. The van der Waals surface area contributed by atoms with Crippen molar-refractivity contribution in [2.75, 3.05) is 0 Å². The second-order valence-electron chi connectivity index (χ2n) is 8.60. The standard InChI is InChI=1S/C14H16.C13H14/c1-2-6-11-10-12-7-4-5-9-14(12)13(11)8-3-1;1-3-7-12-10(5-1)9-11-6-2-4-8-13(11)12/h4-5,7,9H,1-3,6,8,10H2;1,3,5,7H,2,4,6,8-9H2. The van der Waals surface area contributed by atoms with E-state index in [4.69, 9.17) is 0 Å². The summed E-state index contributed by atoms with van der Waals surface area (Å²) in [5.41, 5.74) is 13.1. The minimum atomic E-state index is 1.24. The number of allylic oxidation sites excluding steroid dienone is 4. The summed E-state index contributed by atoms with van der Waals surface area (Å²) in [5, 5.41) is 0. The van der Waals surface area contributed by atoms with Crippen molar-refractivity contribution >= 4 is 11.1 Å². The van der Waals surface area contributed by atoms with Crippen LogP contribution in [0.25, 0.3) is 11.1 Å². The molecule has 0 saturated carbocycles. The van der Waals surface area contributed by atoms with Crippen LogP contribution >= 0.6 is 0 Å². The summed E-state index contributed by atoms with van der Waals surface area (Å²) >= 11 is 0. The van der Waals surface area contributed by atoms with Crippen molar-refractivity contribution in [2.45, 2.75) is 70.6 Å². The maximum absolute atomic E-state index is 2.31. The summed E-state index contributed by atoms with van der Waals surface area (Å²) in [5.74, 6) is 0. The van der Waals surface area contributed by atoms with E-state index >= 15 is 0 Å². The third-order valence-corrected chi connectivity index (χ3v) is 6.91. The lowest BCUT2D eigenvalue weighted by Gasteiger charge is -2.13. The topological polar surface area (TPSA) is 0 Å². The van der Waals surface area contributed by atoms with Crippen LogP contribution < -0.4 is 0 Å². The molecule has 4 aliphatic rings. The number of fused-ring (bicyclic) bond motifs is 4. The minimum absolute atomic E-state index is 1.24. The van der Waals surface area contributed by atoms with Crippen molar-refractivity contribution in [3.05, 3.63) is 81.9 Å². The number of rotatable bonds is 0. The fourth-order valence-electron chi connectivity index (χ4n) is 5.55. The highest BCUT2D eigenvalue weighted by Crippen LogP contribution is 2.41. The van der Waals surface area contributed by atoms with Gasteiger partial charge in [0.1, 0.15) is 0 Å². The molecule has 0 unspecified atom stereocenters. The van der Waals surface area contributed by atoms with Gasteiger partial charge in [0, 0.05) is 0 Å². The van der Waals surface area contributed by atoms with Crippen LogP contribution in [-0.2, 0) is 12.8 Å². The number of benzene rings is 2. The molecule has 2 aromatic carbocycles. The lowest BCUT2D eigenvalue weighted by atomic mass is 9.92. The van der Waals surface area contributed by atoms with Crippen LogP contribution in [0.3, 0.4) is 0 Å². The molecule has 27 heavy (non-hydrogen) atoms. The van der Waals surface area contributed by atoms with Gasteiger partial charge in [-0.2, -0.15) is 0 Å². The Labute approximate surface area is 164 Å². The van der Waals surface area contributed by atoms with Gasteiger partial charge in [-0.1, -0.05) is 66.1 Å². The largest absolute Gasteiger partial charge is 0.0620 e. The molecule has 0 aliphatic heterocycles. The quantitative estimate of drug-likeness (QED) is 0.458. The van der Waals surface area contributed by atoms with Gasteiger partial charge in [0.25, 0.3) is 0 Å². The van der Waals surface area contributed by atoms with E-state index in [-0.39, 0.29) is 0 Å². The van der Waals surface area contributed by atoms with Gasteiger partial charge in [-0.3, -0.25) is 0 Å². The second kappa shape index (κ2) is 7.50. The first-order chi connectivity index (χ1) is 13.4. The Morgan fingerprint density at radius 2 is 0.889 bits per heavy atom. The molecule has 138 valence electrons. The molecular formula is C27H30. The van der Waals surface area contributed by atoms with Gasteiger partial charge in [-0.05, 0) is 97.6 Å². The summed E-state index contributed by atoms with van der Waals surface area (Å²) in [4.78, 5) is 0. The molecule has 0 heteroatoms. The monoisotopic (exact) mass is 354 g/mol. The van der Waals surface area contributed by atoms with Gasteiger partial charge in [-0.25, -0.2) is 0 Å². The molecule has 0 fully saturated rings. The predicted octanol–water partition coefficient (Wildman–Crippen LogP) is 7.53. The third-order valence-electron chi connectivity index (χ3n) is 6.91. The van der Waals surface area contributed by atoms with Crippen LogP contribution in [0.4, 0.5) is 0 Å². The second-order valence-corrected chi connectivity index (χ2v) is 8.60. The van der Waals surface area contributed by atoms with E-state index in [1.165, 1.54) is 70.6 Å². The summed E-state index contributed by atoms with van der Waals surface area (Å²) in [7, 11) is 0. The number of hydrogen-bond donors (Lipinski definition) is 0. The van der Waals surface area contributed by atoms with Gasteiger partial charge in [-0.15, -0.1) is 0 Å². The van der Waals surface area contributed by atoms with Crippen molar-refractivity contribution in [3.8, 4) is 0 Å². The Morgan fingerprint density at radius 1 is 0.444 bits per heavy atom. The maximum Gasteiger partial charge on any atom is -0.00550 e. The Kier molecular flexibility index (Phi) is 4.74. The summed E-state index contributed by atoms with van der Waals surface area (Å²) in [6.45, 7) is 0. The Bertz CT molecular complexity index is 909. The van der Waals surface area contributed by atoms with Crippen LogP contribution in [0.5, 0.6) is 0 Å². The zero-order valence-electron chi connectivity index (χ0n) is 16.4. The molecular weight excluding hydrogens is 324 g/mol. The molecule has 0 atom stereocenters. The normalized spacial score (nSPS) is 20.1. The van der Waals surface area contributed by atoms with Gasteiger partial charge in [0.05, 0.1) is 0 Å². The zero-order valence-corrected chi connectivity index (χ0v) is 16.4. The lowest BCUT2D eigenvalue weighted by molar-refractivity contribution is 0.706. The fourth-order valence-corrected chi connectivity index (χ4v) is 5.55. The Morgan fingerprint density at radius 3 is 1.48 bits per heavy atom. The lowest BCUT2D eigenvalue weighted by Crippen LogP contribution is -1.93. The van der Waals surface area contributed by atoms with Crippen LogP contribution in [0.15, 0.2) is 59.7 Å². The Hall–Kier alpha value is -2.08. The van der Waals surface area contributed by atoms with E-state index in [0.29, 0.717) is 0 Å². The van der Waals surface area contributed by atoms with Crippen LogP contribution in [0.1, 0.15) is 80.0 Å². The predicted molar refractivity (Wildman–Crippen MR) is 116 cm³/mol. The molecule has 4 aliphatic carbocycles. The van der Waals surface area contributed by atoms with Gasteiger partial charge >= 0.3 is 0 Å². The molecule has 0 N–H and O–H groups in total. The van der Waals surface area contributed by atoms with Crippen molar-refractivity contribution < 1.29 is 0 Å².